The van der Waals surface area contributed by atoms with Gasteiger partial charge < -0.3 is 5.73 Å². The quantitative estimate of drug-likeness (QED) is 0.764. The van der Waals surface area contributed by atoms with Crippen LogP contribution >= 0.6 is 0 Å². The maximum Gasteiger partial charge on any atom is 0.511 e. The fourth-order valence-corrected chi connectivity index (χ4v) is 3.10. The summed E-state index contributed by atoms with van der Waals surface area (Å²) in [5.41, 5.74) is 0.282. The molecular weight excluding hydrogens is 281 g/mol. The van der Waals surface area contributed by atoms with Gasteiger partial charge in [0.25, 0.3) is 0 Å². The van der Waals surface area contributed by atoms with Crippen LogP contribution in [0.15, 0.2) is 0 Å². The zero-order chi connectivity index (χ0) is 14.6. The number of halogens is 3. The topological polar surface area (TPSA) is 72.2 Å². The highest BCUT2D eigenvalue weighted by Crippen LogP contribution is 2.37. The van der Waals surface area contributed by atoms with Gasteiger partial charge in [-0.1, -0.05) is 25.7 Å². The summed E-state index contributed by atoms with van der Waals surface area (Å²) in [5, 5.41) is 0. The van der Waals surface area contributed by atoms with Crippen LogP contribution in [0.25, 0.3) is 0 Å². The Balaban J connectivity index is 2.55. The van der Waals surface area contributed by atoms with E-state index in [9.17, 15) is 21.6 Å². The average Bonchev–Trinajstić information content (AvgIpc) is 2.53. The molecule has 0 heterocycles. The summed E-state index contributed by atoms with van der Waals surface area (Å²) >= 11 is 0. The Morgan fingerprint density at radius 2 is 1.63 bits per heavy atom. The molecule has 0 saturated heterocycles. The number of hydrogen-bond acceptors (Lipinski definition) is 3. The Labute approximate surface area is 112 Å². The van der Waals surface area contributed by atoms with E-state index in [2.05, 4.69) is 0 Å². The highest BCUT2D eigenvalue weighted by Gasteiger charge is 2.45. The Morgan fingerprint density at radius 1 is 1.11 bits per heavy atom. The van der Waals surface area contributed by atoms with Crippen molar-refractivity contribution >= 4 is 10.0 Å². The SMILES string of the molecule is NCC1(CCNS(=O)(=O)C(F)(F)F)CCCCCC1. The van der Waals surface area contributed by atoms with Crippen molar-refractivity contribution in [1.29, 1.82) is 0 Å². The summed E-state index contributed by atoms with van der Waals surface area (Å²) in [6.07, 6.45) is 6.30. The standard InChI is InChI=1S/C11H21F3N2O2S/c12-11(13,14)19(17,18)16-8-7-10(9-15)5-3-1-2-4-6-10/h16H,1-9,15H2. The van der Waals surface area contributed by atoms with Gasteiger partial charge in [0.2, 0.25) is 0 Å². The lowest BCUT2D eigenvalue weighted by Crippen LogP contribution is -2.40. The van der Waals surface area contributed by atoms with Crippen LogP contribution in [0.3, 0.4) is 0 Å². The average molecular weight is 302 g/mol. The fourth-order valence-electron chi connectivity index (χ4n) is 2.57. The van der Waals surface area contributed by atoms with Gasteiger partial charge in [-0.25, -0.2) is 13.1 Å². The Kier molecular flexibility index (Phi) is 5.64. The maximum absolute atomic E-state index is 12.2. The number of hydrogen-bond donors (Lipinski definition) is 2. The molecule has 1 saturated carbocycles. The van der Waals surface area contributed by atoms with E-state index in [-0.39, 0.29) is 12.0 Å². The van der Waals surface area contributed by atoms with Gasteiger partial charge in [0.15, 0.2) is 0 Å². The van der Waals surface area contributed by atoms with Gasteiger partial charge in [-0.3, -0.25) is 0 Å². The zero-order valence-corrected chi connectivity index (χ0v) is 11.6. The zero-order valence-electron chi connectivity index (χ0n) is 10.8. The first-order valence-corrected chi connectivity index (χ1v) is 7.97. The lowest BCUT2D eigenvalue weighted by Gasteiger charge is -2.31. The Hall–Kier alpha value is -0.340. The minimum Gasteiger partial charge on any atom is -0.330 e. The number of alkyl halides is 3. The molecule has 0 aliphatic heterocycles. The third-order valence-electron chi connectivity index (χ3n) is 3.85. The Bertz CT molecular complexity index is 374. The summed E-state index contributed by atoms with van der Waals surface area (Å²) in [6.45, 7) is 0.180. The van der Waals surface area contributed by atoms with Crippen molar-refractivity contribution in [3.8, 4) is 0 Å². The molecule has 3 N–H and O–H groups in total. The van der Waals surface area contributed by atoms with E-state index in [1.807, 2.05) is 0 Å². The molecule has 0 unspecified atom stereocenters. The van der Waals surface area contributed by atoms with Crippen LogP contribution in [0.1, 0.15) is 44.9 Å². The van der Waals surface area contributed by atoms with Crippen molar-refractivity contribution in [3.05, 3.63) is 0 Å². The molecule has 0 radical (unpaired) electrons. The van der Waals surface area contributed by atoms with Gasteiger partial charge in [-0.05, 0) is 31.2 Å². The number of sulfonamides is 1. The van der Waals surface area contributed by atoms with Gasteiger partial charge in [0.05, 0.1) is 0 Å². The van der Waals surface area contributed by atoms with Crippen molar-refractivity contribution in [2.75, 3.05) is 13.1 Å². The monoisotopic (exact) mass is 302 g/mol. The van der Waals surface area contributed by atoms with Crippen LogP contribution in [0.4, 0.5) is 13.2 Å². The molecule has 0 spiro atoms. The molecule has 114 valence electrons. The molecule has 1 aliphatic rings. The van der Waals surface area contributed by atoms with Gasteiger partial charge in [0, 0.05) is 6.54 Å². The van der Waals surface area contributed by atoms with E-state index in [1.54, 1.807) is 4.72 Å². The molecule has 0 aromatic heterocycles. The molecular formula is C11H21F3N2O2S. The fraction of sp³-hybridized carbons (Fsp3) is 1.00. The molecule has 19 heavy (non-hydrogen) atoms. The molecule has 0 amide bonds. The third-order valence-corrected chi connectivity index (χ3v) is 5.04. The molecule has 0 atom stereocenters. The van der Waals surface area contributed by atoms with Crippen molar-refractivity contribution in [2.24, 2.45) is 11.1 Å². The molecule has 1 aliphatic carbocycles. The molecule has 1 rings (SSSR count). The lowest BCUT2D eigenvalue weighted by atomic mass is 9.77. The van der Waals surface area contributed by atoms with Crippen LogP contribution in [0, 0.1) is 5.41 Å². The van der Waals surface area contributed by atoms with Crippen LogP contribution in [0.5, 0.6) is 0 Å². The molecule has 0 aromatic carbocycles. The minimum atomic E-state index is -5.24. The van der Waals surface area contributed by atoms with Crippen molar-refractivity contribution in [2.45, 2.75) is 50.5 Å². The van der Waals surface area contributed by atoms with E-state index >= 15 is 0 Å². The maximum atomic E-state index is 12.2. The van der Waals surface area contributed by atoms with E-state index < -0.39 is 15.5 Å². The predicted molar refractivity (Wildman–Crippen MR) is 66.8 cm³/mol. The largest absolute Gasteiger partial charge is 0.511 e. The highest BCUT2D eigenvalue weighted by atomic mass is 32.2. The Morgan fingerprint density at radius 3 is 2.05 bits per heavy atom. The lowest BCUT2D eigenvalue weighted by molar-refractivity contribution is -0.0448. The molecule has 0 bridgehead atoms. The van der Waals surface area contributed by atoms with E-state index in [0.29, 0.717) is 13.0 Å². The van der Waals surface area contributed by atoms with Crippen molar-refractivity contribution < 1.29 is 21.6 Å². The smallest absolute Gasteiger partial charge is 0.330 e. The van der Waals surface area contributed by atoms with Crippen LogP contribution in [-0.2, 0) is 10.0 Å². The van der Waals surface area contributed by atoms with Crippen LogP contribution < -0.4 is 10.5 Å². The molecule has 8 heteroatoms. The van der Waals surface area contributed by atoms with E-state index in [0.717, 1.165) is 38.5 Å². The van der Waals surface area contributed by atoms with Crippen molar-refractivity contribution in [1.82, 2.24) is 4.72 Å². The first kappa shape index (κ1) is 16.7. The summed E-state index contributed by atoms with van der Waals surface area (Å²) in [4.78, 5) is 0. The summed E-state index contributed by atoms with van der Waals surface area (Å²) < 4.78 is 59.9. The van der Waals surface area contributed by atoms with Crippen molar-refractivity contribution in [3.63, 3.8) is 0 Å². The third kappa shape index (κ3) is 4.61. The second-order valence-electron chi connectivity index (χ2n) is 5.21. The molecule has 4 nitrogen and oxygen atoms in total. The number of rotatable bonds is 5. The minimum absolute atomic E-state index is 0.209. The van der Waals surface area contributed by atoms with Gasteiger partial charge in [-0.15, -0.1) is 0 Å². The van der Waals surface area contributed by atoms with Gasteiger partial charge in [-0.2, -0.15) is 13.2 Å². The first-order chi connectivity index (χ1) is 8.72. The van der Waals surface area contributed by atoms with Gasteiger partial charge >= 0.3 is 15.5 Å². The number of nitrogens with two attached hydrogens (primary N) is 1. The van der Waals surface area contributed by atoms with E-state index in [1.165, 1.54) is 0 Å². The summed E-state index contributed by atoms with van der Waals surface area (Å²) in [7, 11) is -5.23. The summed E-state index contributed by atoms with van der Waals surface area (Å²) in [5.74, 6) is 0. The summed E-state index contributed by atoms with van der Waals surface area (Å²) in [6, 6.07) is 0. The first-order valence-electron chi connectivity index (χ1n) is 6.48. The second-order valence-corrected chi connectivity index (χ2v) is 6.97. The predicted octanol–water partition coefficient (Wildman–Crippen LogP) is 2.11. The van der Waals surface area contributed by atoms with Crippen LogP contribution in [0.2, 0.25) is 0 Å². The second kappa shape index (κ2) is 6.41. The highest BCUT2D eigenvalue weighted by molar-refractivity contribution is 7.90. The normalized spacial score (nSPS) is 21.1. The van der Waals surface area contributed by atoms with E-state index in [4.69, 9.17) is 5.73 Å². The number of nitrogens with one attached hydrogen (secondary N) is 1. The van der Waals surface area contributed by atoms with Crippen LogP contribution in [-0.4, -0.2) is 27.0 Å². The van der Waals surface area contributed by atoms with Gasteiger partial charge in [0.1, 0.15) is 0 Å². The molecule has 1 fully saturated rings. The molecule has 0 aromatic rings.